The summed E-state index contributed by atoms with van der Waals surface area (Å²) in [6.45, 7) is 3.35. The fourth-order valence-electron chi connectivity index (χ4n) is 4.50. The minimum Gasteiger partial charge on any atom is -0.508 e. The van der Waals surface area contributed by atoms with Gasteiger partial charge in [0.2, 0.25) is 17.7 Å². The summed E-state index contributed by atoms with van der Waals surface area (Å²) < 4.78 is 0. The second-order valence-corrected chi connectivity index (χ2v) is 11.5. The standard InChI is InChI=1S/C30H39N5O6S/c1-17(2)26(30(40)41)35-29(39)25(15-19-16-32-23-7-5-4-6-21(19)23)34-28(38)24(14-18-8-10-20(36)11-9-18)33-27(37)22(31)12-13-42-3/h4-11,16-17,22,24-26,32,36H,12-15,31H2,1-3H3,(H,33,37)(H,34,38)(H,35,39)(H,40,41). The van der Waals surface area contributed by atoms with Crippen molar-refractivity contribution in [1.82, 2.24) is 20.9 Å². The van der Waals surface area contributed by atoms with E-state index in [1.165, 1.54) is 12.1 Å². The Labute approximate surface area is 249 Å². The van der Waals surface area contributed by atoms with E-state index in [0.717, 1.165) is 16.5 Å². The largest absolute Gasteiger partial charge is 0.508 e. The van der Waals surface area contributed by atoms with Crippen molar-refractivity contribution in [2.24, 2.45) is 11.7 Å². The molecular formula is C30H39N5O6S. The first-order valence-electron chi connectivity index (χ1n) is 13.7. The van der Waals surface area contributed by atoms with Gasteiger partial charge in [0.25, 0.3) is 0 Å². The van der Waals surface area contributed by atoms with Crippen molar-refractivity contribution in [3.05, 3.63) is 65.9 Å². The number of para-hydroxylation sites is 1. The maximum absolute atomic E-state index is 13.7. The van der Waals surface area contributed by atoms with E-state index >= 15 is 0 Å². The van der Waals surface area contributed by atoms with Crippen molar-refractivity contribution in [2.45, 2.75) is 57.3 Å². The molecule has 4 atom stereocenters. The van der Waals surface area contributed by atoms with Gasteiger partial charge in [-0.25, -0.2) is 4.79 Å². The van der Waals surface area contributed by atoms with Crippen LogP contribution in [-0.2, 0) is 32.0 Å². The molecular weight excluding hydrogens is 558 g/mol. The molecule has 226 valence electrons. The molecule has 42 heavy (non-hydrogen) atoms. The lowest BCUT2D eigenvalue weighted by molar-refractivity contribution is -0.143. The smallest absolute Gasteiger partial charge is 0.326 e. The van der Waals surface area contributed by atoms with Gasteiger partial charge in [0, 0.05) is 29.9 Å². The summed E-state index contributed by atoms with van der Waals surface area (Å²) in [7, 11) is 0. The van der Waals surface area contributed by atoms with Crippen LogP contribution in [-0.4, -0.2) is 75.1 Å². The molecule has 8 N–H and O–H groups in total. The van der Waals surface area contributed by atoms with Crippen molar-refractivity contribution in [3.63, 3.8) is 0 Å². The number of hydrogen-bond donors (Lipinski definition) is 7. The molecule has 0 aliphatic heterocycles. The molecule has 0 aliphatic rings. The summed E-state index contributed by atoms with van der Waals surface area (Å²) in [5.41, 5.74) is 8.32. The monoisotopic (exact) mass is 597 g/mol. The SMILES string of the molecule is CSCCC(N)C(=O)NC(Cc1ccc(O)cc1)C(=O)NC(Cc1c[nH]c2ccccc12)C(=O)NC(C(=O)O)C(C)C. The minimum absolute atomic E-state index is 0.0523. The lowest BCUT2D eigenvalue weighted by Crippen LogP contribution is -2.58. The summed E-state index contributed by atoms with van der Waals surface area (Å²) >= 11 is 1.55. The van der Waals surface area contributed by atoms with Crippen LogP contribution in [0.25, 0.3) is 10.9 Å². The van der Waals surface area contributed by atoms with E-state index in [9.17, 15) is 29.4 Å². The summed E-state index contributed by atoms with van der Waals surface area (Å²) in [5, 5.41) is 28.2. The zero-order chi connectivity index (χ0) is 30.8. The number of aromatic amines is 1. The number of nitrogens with one attached hydrogen (secondary N) is 4. The predicted octanol–water partition coefficient (Wildman–Crippen LogP) is 1.93. The number of phenolic OH excluding ortho intramolecular Hbond substituents is 1. The number of rotatable bonds is 15. The summed E-state index contributed by atoms with van der Waals surface area (Å²) in [4.78, 5) is 55.1. The van der Waals surface area contributed by atoms with E-state index in [0.29, 0.717) is 17.7 Å². The van der Waals surface area contributed by atoms with Gasteiger partial charge in [-0.1, -0.05) is 44.2 Å². The van der Waals surface area contributed by atoms with Crippen LogP contribution in [0.5, 0.6) is 5.75 Å². The Morgan fingerprint density at radius 2 is 1.52 bits per heavy atom. The number of fused-ring (bicyclic) bond motifs is 1. The van der Waals surface area contributed by atoms with Gasteiger partial charge in [0.1, 0.15) is 23.9 Å². The number of carboxylic acid groups (broad SMARTS) is 1. The van der Waals surface area contributed by atoms with Crippen LogP contribution in [0.4, 0.5) is 0 Å². The number of thioether (sulfide) groups is 1. The molecule has 3 amide bonds. The van der Waals surface area contributed by atoms with Crippen LogP contribution in [0.15, 0.2) is 54.7 Å². The van der Waals surface area contributed by atoms with Crippen molar-refractivity contribution < 1.29 is 29.4 Å². The molecule has 4 unspecified atom stereocenters. The zero-order valence-electron chi connectivity index (χ0n) is 23.9. The van der Waals surface area contributed by atoms with Crippen molar-refractivity contribution in [2.75, 3.05) is 12.0 Å². The maximum atomic E-state index is 13.7. The van der Waals surface area contributed by atoms with Gasteiger partial charge in [0.15, 0.2) is 0 Å². The van der Waals surface area contributed by atoms with Gasteiger partial charge in [-0.15, -0.1) is 0 Å². The summed E-state index contributed by atoms with van der Waals surface area (Å²) in [6, 6.07) is 9.46. The quantitative estimate of drug-likeness (QED) is 0.138. The Hall–Kier alpha value is -4.03. The first-order chi connectivity index (χ1) is 20.0. The fourth-order valence-corrected chi connectivity index (χ4v) is 4.99. The number of H-pyrrole nitrogens is 1. The van der Waals surface area contributed by atoms with Crippen LogP contribution in [0.3, 0.4) is 0 Å². The van der Waals surface area contributed by atoms with Crippen molar-refractivity contribution >= 4 is 46.4 Å². The Bertz CT molecular complexity index is 1380. The van der Waals surface area contributed by atoms with Gasteiger partial charge in [-0.3, -0.25) is 14.4 Å². The molecule has 3 rings (SSSR count). The molecule has 3 aromatic rings. The molecule has 0 aliphatic carbocycles. The van der Waals surface area contributed by atoms with Gasteiger partial charge >= 0.3 is 5.97 Å². The Balaban J connectivity index is 1.90. The van der Waals surface area contributed by atoms with E-state index in [-0.39, 0.29) is 18.6 Å². The first kappa shape index (κ1) is 32.5. The highest BCUT2D eigenvalue weighted by Crippen LogP contribution is 2.20. The second kappa shape index (κ2) is 15.3. The Morgan fingerprint density at radius 1 is 0.905 bits per heavy atom. The third-order valence-electron chi connectivity index (χ3n) is 6.94. The number of phenols is 1. The normalized spacial score (nSPS) is 14.1. The van der Waals surface area contributed by atoms with Crippen molar-refractivity contribution in [3.8, 4) is 5.75 Å². The number of carboxylic acids is 1. The van der Waals surface area contributed by atoms with Gasteiger partial charge in [-0.2, -0.15) is 11.8 Å². The lowest BCUT2D eigenvalue weighted by Gasteiger charge is -2.26. The number of carbonyl (C=O) groups excluding carboxylic acids is 3. The van der Waals surface area contributed by atoms with E-state index in [1.54, 1.807) is 43.9 Å². The minimum atomic E-state index is -1.19. The van der Waals surface area contributed by atoms with Crippen LogP contribution in [0.2, 0.25) is 0 Å². The maximum Gasteiger partial charge on any atom is 0.326 e. The average molecular weight is 598 g/mol. The molecule has 0 bridgehead atoms. The molecule has 12 heteroatoms. The summed E-state index contributed by atoms with van der Waals surface area (Å²) in [5.74, 6) is -2.68. The second-order valence-electron chi connectivity index (χ2n) is 10.5. The van der Waals surface area contributed by atoms with E-state index < -0.39 is 53.8 Å². The number of carbonyl (C=O) groups is 4. The number of hydrogen-bond acceptors (Lipinski definition) is 7. The molecule has 0 fully saturated rings. The highest BCUT2D eigenvalue weighted by Gasteiger charge is 2.32. The molecule has 11 nitrogen and oxygen atoms in total. The van der Waals surface area contributed by atoms with Gasteiger partial charge < -0.3 is 36.9 Å². The third-order valence-corrected chi connectivity index (χ3v) is 7.59. The Morgan fingerprint density at radius 3 is 2.17 bits per heavy atom. The number of aromatic hydroxyl groups is 1. The number of amides is 3. The molecule has 1 heterocycles. The number of benzene rings is 2. The molecule has 1 aromatic heterocycles. The number of nitrogens with two attached hydrogens (primary N) is 1. The molecule has 0 spiro atoms. The molecule has 0 radical (unpaired) electrons. The number of aromatic nitrogens is 1. The van der Waals surface area contributed by atoms with E-state index in [4.69, 9.17) is 5.73 Å². The lowest BCUT2D eigenvalue weighted by atomic mass is 10.00. The van der Waals surface area contributed by atoms with Gasteiger partial charge in [0.05, 0.1) is 6.04 Å². The summed E-state index contributed by atoms with van der Waals surface area (Å²) in [6.07, 6.45) is 4.20. The number of aliphatic carboxylic acids is 1. The zero-order valence-corrected chi connectivity index (χ0v) is 24.7. The fraction of sp³-hybridized carbons (Fsp3) is 0.400. The van der Waals surface area contributed by atoms with E-state index in [2.05, 4.69) is 20.9 Å². The predicted molar refractivity (Wildman–Crippen MR) is 163 cm³/mol. The molecule has 0 saturated carbocycles. The van der Waals surface area contributed by atoms with Gasteiger partial charge in [-0.05, 0) is 53.7 Å². The van der Waals surface area contributed by atoms with Crippen LogP contribution in [0.1, 0.15) is 31.4 Å². The third kappa shape index (κ3) is 8.98. The highest BCUT2D eigenvalue weighted by molar-refractivity contribution is 7.98. The molecule has 0 saturated heterocycles. The van der Waals surface area contributed by atoms with Crippen LogP contribution in [0, 0.1) is 5.92 Å². The van der Waals surface area contributed by atoms with Crippen LogP contribution >= 0.6 is 11.8 Å². The first-order valence-corrected chi connectivity index (χ1v) is 15.1. The molecule has 2 aromatic carbocycles. The highest BCUT2D eigenvalue weighted by atomic mass is 32.2. The topological polar surface area (TPSA) is 187 Å². The van der Waals surface area contributed by atoms with Crippen molar-refractivity contribution in [1.29, 1.82) is 0 Å². The van der Waals surface area contributed by atoms with Crippen LogP contribution < -0.4 is 21.7 Å². The average Bonchev–Trinajstić information content (AvgIpc) is 3.37. The van der Waals surface area contributed by atoms with E-state index in [1.807, 2.05) is 30.5 Å². The Kier molecular flexibility index (Phi) is 11.8.